The number of aliphatic hydroxyl groups is 1. The van der Waals surface area contributed by atoms with Crippen LogP contribution in [0, 0.1) is 11.8 Å². The summed E-state index contributed by atoms with van der Waals surface area (Å²) >= 11 is 0. The quantitative estimate of drug-likeness (QED) is 0.674. The van der Waals surface area contributed by atoms with Crippen molar-refractivity contribution in [3.8, 4) is 0 Å². The molecule has 0 bridgehead atoms. The molecule has 100 valence electrons. The van der Waals surface area contributed by atoms with Gasteiger partial charge in [0.2, 0.25) is 5.91 Å². The lowest BCUT2D eigenvalue weighted by Crippen LogP contribution is -2.48. The van der Waals surface area contributed by atoms with Crippen molar-refractivity contribution in [3.05, 3.63) is 0 Å². The molecule has 1 aliphatic rings. The van der Waals surface area contributed by atoms with Gasteiger partial charge in [-0.3, -0.25) is 4.79 Å². The third kappa shape index (κ3) is 4.64. The normalized spacial score (nSPS) is 26.9. The van der Waals surface area contributed by atoms with Crippen LogP contribution in [0.5, 0.6) is 0 Å². The van der Waals surface area contributed by atoms with Crippen LogP contribution in [0.25, 0.3) is 0 Å². The molecule has 0 aliphatic heterocycles. The van der Waals surface area contributed by atoms with E-state index in [4.69, 9.17) is 5.73 Å². The summed E-state index contributed by atoms with van der Waals surface area (Å²) in [4.78, 5) is 12.1. The van der Waals surface area contributed by atoms with Crippen molar-refractivity contribution >= 4 is 5.91 Å². The van der Waals surface area contributed by atoms with Gasteiger partial charge in [0.25, 0.3) is 0 Å². The van der Waals surface area contributed by atoms with E-state index in [0.717, 1.165) is 32.1 Å². The third-order valence-corrected chi connectivity index (χ3v) is 3.48. The van der Waals surface area contributed by atoms with Gasteiger partial charge in [-0.1, -0.05) is 26.7 Å². The van der Waals surface area contributed by atoms with Gasteiger partial charge in [0.05, 0.1) is 18.6 Å². The average molecular weight is 242 g/mol. The third-order valence-electron chi connectivity index (χ3n) is 3.48. The Bertz CT molecular complexity index is 244. The van der Waals surface area contributed by atoms with Crippen molar-refractivity contribution < 1.29 is 9.90 Å². The molecule has 1 rings (SSSR count). The number of amides is 1. The number of hydrogen-bond acceptors (Lipinski definition) is 3. The Morgan fingerprint density at radius 1 is 1.41 bits per heavy atom. The van der Waals surface area contributed by atoms with Gasteiger partial charge in [0.1, 0.15) is 0 Å². The second-order valence-electron chi connectivity index (χ2n) is 5.57. The van der Waals surface area contributed by atoms with Crippen LogP contribution in [0.2, 0.25) is 0 Å². The Kier molecular flexibility index (Phi) is 5.92. The van der Waals surface area contributed by atoms with Crippen molar-refractivity contribution in [1.29, 1.82) is 0 Å². The van der Waals surface area contributed by atoms with E-state index in [1.807, 2.05) is 0 Å². The van der Waals surface area contributed by atoms with E-state index in [-0.39, 0.29) is 30.5 Å². The van der Waals surface area contributed by atoms with Gasteiger partial charge in [-0.25, -0.2) is 0 Å². The lowest BCUT2D eigenvalue weighted by atomic mass is 9.84. The summed E-state index contributed by atoms with van der Waals surface area (Å²) in [7, 11) is 0. The van der Waals surface area contributed by atoms with Crippen molar-refractivity contribution in [3.63, 3.8) is 0 Å². The van der Waals surface area contributed by atoms with Crippen LogP contribution in [-0.2, 0) is 4.79 Å². The molecule has 17 heavy (non-hydrogen) atoms. The molecule has 3 atom stereocenters. The average Bonchev–Trinajstić information content (AvgIpc) is 2.27. The van der Waals surface area contributed by atoms with E-state index in [1.54, 1.807) is 0 Å². The standard InChI is InChI=1S/C13H26N2O2/c1-9(2)7-10(8-16)15-13(17)11-5-3-4-6-12(11)14/h9-12,16H,3-8,14H2,1-2H3,(H,15,17)/t10-,11+,12-/m0/s1. The second kappa shape index (κ2) is 6.97. The first-order valence-electron chi connectivity index (χ1n) is 6.71. The zero-order chi connectivity index (χ0) is 12.8. The lowest BCUT2D eigenvalue weighted by molar-refractivity contribution is -0.127. The minimum absolute atomic E-state index is 0.00583. The fourth-order valence-corrected chi connectivity index (χ4v) is 2.54. The number of carbonyl (C=O) groups excluding carboxylic acids is 1. The van der Waals surface area contributed by atoms with Crippen molar-refractivity contribution in [1.82, 2.24) is 5.32 Å². The SMILES string of the molecule is CC(C)C[C@@H](CO)NC(=O)[C@@H]1CCCC[C@@H]1N. The molecule has 4 heteroatoms. The number of aliphatic hydroxyl groups excluding tert-OH is 1. The van der Waals surface area contributed by atoms with Crippen molar-refractivity contribution in [2.45, 2.75) is 58.0 Å². The Balaban J connectivity index is 2.45. The molecule has 4 nitrogen and oxygen atoms in total. The largest absolute Gasteiger partial charge is 0.394 e. The zero-order valence-corrected chi connectivity index (χ0v) is 11.0. The maximum Gasteiger partial charge on any atom is 0.224 e. The fraction of sp³-hybridized carbons (Fsp3) is 0.923. The van der Waals surface area contributed by atoms with E-state index >= 15 is 0 Å². The number of nitrogens with two attached hydrogens (primary N) is 1. The van der Waals surface area contributed by atoms with Gasteiger partial charge in [0, 0.05) is 6.04 Å². The summed E-state index contributed by atoms with van der Waals surface area (Å²) in [6, 6.07) is -0.140. The molecule has 1 aliphatic carbocycles. The Labute approximate surface area is 104 Å². The van der Waals surface area contributed by atoms with Crippen LogP contribution in [0.4, 0.5) is 0 Å². The van der Waals surface area contributed by atoms with Gasteiger partial charge in [0.15, 0.2) is 0 Å². The summed E-state index contributed by atoms with van der Waals surface area (Å²) in [6.45, 7) is 4.17. The fourth-order valence-electron chi connectivity index (χ4n) is 2.54. The minimum atomic E-state index is -0.128. The molecule has 1 saturated carbocycles. The molecule has 0 aromatic heterocycles. The predicted molar refractivity (Wildman–Crippen MR) is 68.4 cm³/mol. The smallest absolute Gasteiger partial charge is 0.224 e. The summed E-state index contributed by atoms with van der Waals surface area (Å²) < 4.78 is 0. The molecule has 4 N–H and O–H groups in total. The topological polar surface area (TPSA) is 75.3 Å². The van der Waals surface area contributed by atoms with Gasteiger partial charge >= 0.3 is 0 Å². The lowest BCUT2D eigenvalue weighted by Gasteiger charge is -2.29. The summed E-state index contributed by atoms with van der Waals surface area (Å²) in [5, 5.41) is 12.2. The van der Waals surface area contributed by atoms with E-state index in [9.17, 15) is 9.90 Å². The highest BCUT2D eigenvalue weighted by atomic mass is 16.3. The van der Waals surface area contributed by atoms with Gasteiger partial charge in [-0.05, 0) is 25.2 Å². The summed E-state index contributed by atoms with van der Waals surface area (Å²) in [5.74, 6) is 0.425. The molecule has 0 spiro atoms. The van der Waals surface area contributed by atoms with Gasteiger partial charge in [-0.15, -0.1) is 0 Å². The molecule has 1 fully saturated rings. The molecular weight excluding hydrogens is 216 g/mol. The van der Waals surface area contributed by atoms with Gasteiger partial charge < -0.3 is 16.2 Å². The maximum absolute atomic E-state index is 12.1. The predicted octanol–water partition coefficient (Wildman–Crippen LogP) is 1.03. The first kappa shape index (κ1) is 14.5. The van der Waals surface area contributed by atoms with Crippen molar-refractivity contribution in [2.24, 2.45) is 17.6 Å². The highest BCUT2D eigenvalue weighted by Gasteiger charge is 2.29. The highest BCUT2D eigenvalue weighted by molar-refractivity contribution is 5.79. The molecule has 0 radical (unpaired) electrons. The first-order valence-corrected chi connectivity index (χ1v) is 6.71. The van der Waals surface area contributed by atoms with Crippen LogP contribution >= 0.6 is 0 Å². The van der Waals surface area contributed by atoms with E-state index < -0.39 is 0 Å². The summed E-state index contributed by atoms with van der Waals surface area (Å²) in [5.41, 5.74) is 5.97. The first-order chi connectivity index (χ1) is 8.04. The minimum Gasteiger partial charge on any atom is -0.394 e. The maximum atomic E-state index is 12.1. The van der Waals surface area contributed by atoms with Crippen molar-refractivity contribution in [2.75, 3.05) is 6.61 Å². The molecule has 0 aromatic carbocycles. The molecular formula is C13H26N2O2. The van der Waals surface area contributed by atoms with Crippen LogP contribution in [-0.4, -0.2) is 29.7 Å². The highest BCUT2D eigenvalue weighted by Crippen LogP contribution is 2.23. The number of nitrogens with one attached hydrogen (secondary N) is 1. The zero-order valence-electron chi connectivity index (χ0n) is 11.0. The Morgan fingerprint density at radius 2 is 2.06 bits per heavy atom. The van der Waals surface area contributed by atoms with E-state index in [1.165, 1.54) is 0 Å². The second-order valence-corrected chi connectivity index (χ2v) is 5.57. The molecule has 0 saturated heterocycles. The number of rotatable bonds is 5. The van der Waals surface area contributed by atoms with E-state index in [0.29, 0.717) is 5.92 Å². The Morgan fingerprint density at radius 3 is 2.59 bits per heavy atom. The van der Waals surface area contributed by atoms with Crippen LogP contribution < -0.4 is 11.1 Å². The monoisotopic (exact) mass is 242 g/mol. The van der Waals surface area contributed by atoms with Gasteiger partial charge in [-0.2, -0.15) is 0 Å². The van der Waals surface area contributed by atoms with Crippen LogP contribution in [0.3, 0.4) is 0 Å². The number of carbonyl (C=O) groups is 1. The molecule has 0 unspecified atom stereocenters. The summed E-state index contributed by atoms with van der Waals surface area (Å²) in [6.07, 6.45) is 4.84. The van der Waals surface area contributed by atoms with Crippen LogP contribution in [0.1, 0.15) is 46.0 Å². The molecule has 0 heterocycles. The van der Waals surface area contributed by atoms with Crippen LogP contribution in [0.15, 0.2) is 0 Å². The van der Waals surface area contributed by atoms with E-state index in [2.05, 4.69) is 19.2 Å². The Hall–Kier alpha value is -0.610. The molecule has 1 amide bonds. The molecule has 0 aromatic rings. The number of hydrogen-bond donors (Lipinski definition) is 3.